The number of furan rings is 1. The summed E-state index contributed by atoms with van der Waals surface area (Å²) in [5.74, 6) is 0.0221. The maximum atomic E-state index is 13.6. The van der Waals surface area contributed by atoms with Gasteiger partial charge in [-0.25, -0.2) is 4.68 Å². The summed E-state index contributed by atoms with van der Waals surface area (Å²) in [7, 11) is 0. The lowest BCUT2D eigenvalue weighted by Gasteiger charge is -2.32. The molecule has 3 heterocycles. The van der Waals surface area contributed by atoms with Gasteiger partial charge in [-0.05, 0) is 24.1 Å². The molecule has 29 heavy (non-hydrogen) atoms. The Morgan fingerprint density at radius 2 is 2.03 bits per heavy atom. The lowest BCUT2D eigenvalue weighted by Crippen LogP contribution is -2.35. The topological polar surface area (TPSA) is 72.1 Å². The highest BCUT2D eigenvalue weighted by Crippen LogP contribution is 2.43. The molecule has 0 saturated heterocycles. The van der Waals surface area contributed by atoms with Crippen molar-refractivity contribution < 1.29 is 22.4 Å². The van der Waals surface area contributed by atoms with Crippen LogP contribution in [0.2, 0.25) is 0 Å². The third-order valence-electron chi connectivity index (χ3n) is 4.85. The summed E-state index contributed by atoms with van der Waals surface area (Å²) in [6.07, 6.45) is -2.75. The van der Waals surface area contributed by atoms with E-state index >= 15 is 0 Å². The molecule has 2 unspecified atom stereocenters. The van der Waals surface area contributed by atoms with Crippen LogP contribution in [0.15, 0.2) is 59.2 Å². The lowest BCUT2D eigenvalue weighted by molar-refractivity contribution is -0.174. The molecule has 2 atom stereocenters. The number of nitrogens with one attached hydrogen (secondary N) is 2. The van der Waals surface area contributed by atoms with Gasteiger partial charge in [0.1, 0.15) is 11.6 Å². The van der Waals surface area contributed by atoms with E-state index in [1.807, 2.05) is 30.3 Å². The monoisotopic (exact) mass is 404 g/mol. The van der Waals surface area contributed by atoms with Gasteiger partial charge in [-0.1, -0.05) is 30.3 Å². The summed E-state index contributed by atoms with van der Waals surface area (Å²) in [6.45, 7) is 0.357. The summed E-state index contributed by atoms with van der Waals surface area (Å²) in [5, 5.41) is 9.62. The van der Waals surface area contributed by atoms with E-state index in [-0.39, 0.29) is 17.9 Å². The second-order valence-corrected chi connectivity index (χ2v) is 6.86. The number of alkyl halides is 3. The van der Waals surface area contributed by atoms with Crippen molar-refractivity contribution in [3.8, 4) is 0 Å². The van der Waals surface area contributed by atoms with Crippen molar-refractivity contribution >= 4 is 11.7 Å². The molecule has 1 aliphatic rings. The first-order chi connectivity index (χ1) is 13.9. The normalized spacial score (nSPS) is 18.7. The summed E-state index contributed by atoms with van der Waals surface area (Å²) in [6, 6.07) is 11.7. The van der Waals surface area contributed by atoms with Gasteiger partial charge in [-0.2, -0.15) is 18.3 Å². The first-order valence-electron chi connectivity index (χ1n) is 9.20. The van der Waals surface area contributed by atoms with Crippen molar-refractivity contribution in [2.24, 2.45) is 0 Å². The van der Waals surface area contributed by atoms with Gasteiger partial charge in [-0.15, -0.1) is 0 Å². The van der Waals surface area contributed by atoms with Crippen LogP contribution in [0.4, 0.5) is 19.0 Å². The quantitative estimate of drug-likeness (QED) is 0.671. The highest BCUT2D eigenvalue weighted by atomic mass is 19.4. The van der Waals surface area contributed by atoms with E-state index in [9.17, 15) is 18.0 Å². The third kappa shape index (κ3) is 4.13. The van der Waals surface area contributed by atoms with Crippen molar-refractivity contribution in [1.29, 1.82) is 0 Å². The minimum absolute atomic E-state index is 0.0603. The largest absolute Gasteiger partial charge is 0.467 e. The molecule has 1 aliphatic heterocycles. The van der Waals surface area contributed by atoms with Crippen LogP contribution in [-0.4, -0.2) is 28.4 Å². The lowest BCUT2D eigenvalue weighted by atomic mass is 10.0. The SMILES string of the molecule is O=C(NCCc1ccccc1)c1cc2n(n1)C(C(F)(F)F)CC(c1ccco1)N2. The molecule has 0 spiro atoms. The van der Waals surface area contributed by atoms with E-state index in [1.54, 1.807) is 12.1 Å². The number of aromatic nitrogens is 2. The molecule has 0 radical (unpaired) electrons. The Bertz CT molecular complexity index is 968. The van der Waals surface area contributed by atoms with E-state index in [0.717, 1.165) is 10.2 Å². The van der Waals surface area contributed by atoms with Crippen molar-refractivity contribution in [1.82, 2.24) is 15.1 Å². The van der Waals surface area contributed by atoms with Crippen LogP contribution in [0.3, 0.4) is 0 Å². The van der Waals surface area contributed by atoms with E-state index in [4.69, 9.17) is 4.42 Å². The van der Waals surface area contributed by atoms with Gasteiger partial charge < -0.3 is 15.1 Å². The van der Waals surface area contributed by atoms with Crippen LogP contribution in [-0.2, 0) is 6.42 Å². The van der Waals surface area contributed by atoms with Crippen LogP contribution in [0.1, 0.15) is 40.3 Å². The number of fused-ring (bicyclic) bond motifs is 1. The van der Waals surface area contributed by atoms with Crippen molar-refractivity contribution in [3.05, 3.63) is 71.8 Å². The molecule has 152 valence electrons. The smallest absolute Gasteiger partial charge is 0.410 e. The highest BCUT2D eigenvalue weighted by Gasteiger charge is 2.47. The first-order valence-corrected chi connectivity index (χ1v) is 9.20. The molecule has 2 aromatic heterocycles. The Balaban J connectivity index is 1.50. The molecule has 2 N–H and O–H groups in total. The number of carbonyl (C=O) groups excluding carboxylic acids is 1. The molecule has 1 aromatic carbocycles. The zero-order chi connectivity index (χ0) is 20.4. The highest BCUT2D eigenvalue weighted by molar-refractivity contribution is 5.93. The standard InChI is InChI=1S/C20H19F3N4O2/c21-20(22,23)17-11-14(16-7-4-10-29-16)25-18-12-15(26-27(17)18)19(28)24-9-8-13-5-2-1-3-6-13/h1-7,10,12,14,17,25H,8-9,11H2,(H,24,28). The Morgan fingerprint density at radius 1 is 1.24 bits per heavy atom. The van der Waals surface area contributed by atoms with Crippen LogP contribution in [0.5, 0.6) is 0 Å². The van der Waals surface area contributed by atoms with Crippen LogP contribution in [0.25, 0.3) is 0 Å². The van der Waals surface area contributed by atoms with Gasteiger partial charge in [0.2, 0.25) is 0 Å². The summed E-state index contributed by atoms with van der Waals surface area (Å²) < 4.78 is 46.9. The van der Waals surface area contributed by atoms with E-state index < -0.39 is 24.2 Å². The number of hydrogen-bond acceptors (Lipinski definition) is 4. The maximum Gasteiger partial charge on any atom is 0.410 e. The number of amides is 1. The minimum atomic E-state index is -4.51. The number of nitrogens with zero attached hydrogens (tertiary/aromatic N) is 2. The number of hydrogen-bond donors (Lipinski definition) is 2. The Hall–Kier alpha value is -3.23. The van der Waals surface area contributed by atoms with Gasteiger partial charge in [-0.3, -0.25) is 4.79 Å². The summed E-state index contributed by atoms with van der Waals surface area (Å²) in [4.78, 5) is 12.4. The molecule has 0 fully saturated rings. The number of anilines is 1. The zero-order valence-corrected chi connectivity index (χ0v) is 15.3. The van der Waals surface area contributed by atoms with Crippen molar-refractivity contribution in [2.75, 3.05) is 11.9 Å². The van der Waals surface area contributed by atoms with Gasteiger partial charge in [0, 0.05) is 19.0 Å². The minimum Gasteiger partial charge on any atom is -0.467 e. The fraction of sp³-hybridized carbons (Fsp3) is 0.300. The molecule has 1 amide bonds. The van der Waals surface area contributed by atoms with Crippen LogP contribution >= 0.6 is 0 Å². The first kappa shape index (κ1) is 19.1. The Labute approximate surface area is 164 Å². The van der Waals surface area contributed by atoms with Crippen LogP contribution in [0, 0.1) is 0 Å². The van der Waals surface area contributed by atoms with Gasteiger partial charge in [0.15, 0.2) is 11.7 Å². The molecule has 0 bridgehead atoms. The number of rotatable bonds is 5. The second-order valence-electron chi connectivity index (χ2n) is 6.86. The summed E-state index contributed by atoms with van der Waals surface area (Å²) >= 11 is 0. The average molecular weight is 404 g/mol. The average Bonchev–Trinajstić information content (AvgIpc) is 3.37. The molecule has 9 heteroatoms. The fourth-order valence-corrected chi connectivity index (χ4v) is 3.42. The maximum absolute atomic E-state index is 13.6. The predicted molar refractivity (Wildman–Crippen MR) is 99.5 cm³/mol. The third-order valence-corrected chi connectivity index (χ3v) is 4.85. The molecular weight excluding hydrogens is 385 g/mol. The summed E-state index contributed by atoms with van der Waals surface area (Å²) in [5.41, 5.74) is 0.993. The van der Waals surface area contributed by atoms with Gasteiger partial charge >= 0.3 is 6.18 Å². The van der Waals surface area contributed by atoms with E-state index in [1.165, 1.54) is 12.3 Å². The zero-order valence-electron chi connectivity index (χ0n) is 15.3. The van der Waals surface area contributed by atoms with Crippen molar-refractivity contribution in [3.63, 3.8) is 0 Å². The molecule has 3 aromatic rings. The molecular formula is C20H19F3N4O2. The predicted octanol–water partition coefficient (Wildman–Crippen LogP) is 4.11. The molecule has 0 aliphatic carbocycles. The Kier molecular flexibility index (Phi) is 5.04. The second kappa shape index (κ2) is 7.65. The van der Waals surface area contributed by atoms with Gasteiger partial charge in [0.25, 0.3) is 5.91 Å². The number of halogens is 3. The van der Waals surface area contributed by atoms with E-state index in [2.05, 4.69) is 15.7 Å². The van der Waals surface area contributed by atoms with E-state index in [0.29, 0.717) is 18.7 Å². The fourth-order valence-electron chi connectivity index (χ4n) is 3.42. The molecule has 6 nitrogen and oxygen atoms in total. The molecule has 0 saturated carbocycles. The van der Waals surface area contributed by atoms with Crippen molar-refractivity contribution in [2.45, 2.75) is 31.1 Å². The van der Waals surface area contributed by atoms with Gasteiger partial charge in [0.05, 0.1) is 12.3 Å². The van der Waals surface area contributed by atoms with Crippen LogP contribution < -0.4 is 10.6 Å². The number of carbonyl (C=O) groups is 1. The number of benzene rings is 1. The Morgan fingerprint density at radius 3 is 2.72 bits per heavy atom. The molecule has 4 rings (SSSR count).